The third-order valence-corrected chi connectivity index (χ3v) is 5.60. The zero-order valence-corrected chi connectivity index (χ0v) is 12.7. The summed E-state index contributed by atoms with van der Waals surface area (Å²) in [5, 5.41) is 0. The molecule has 0 aromatic carbocycles. The Morgan fingerprint density at radius 3 is 2.06 bits per heavy atom. The maximum atomic E-state index is 2.53. The Morgan fingerprint density at radius 2 is 1.56 bits per heavy atom. The Bertz CT molecular complexity index is 317. The fraction of sp³-hybridized carbons (Fsp3) is 1.00. The summed E-state index contributed by atoms with van der Waals surface area (Å²) in [6, 6.07) is 0. The van der Waals surface area contributed by atoms with Crippen LogP contribution in [-0.2, 0) is 0 Å². The number of hydrogen-bond acceptors (Lipinski definition) is 2. The van der Waals surface area contributed by atoms with E-state index in [1.54, 1.807) is 0 Å². The summed E-state index contributed by atoms with van der Waals surface area (Å²) in [6.07, 6.45) is 2.79. The maximum Gasteiger partial charge on any atom is 0.0935 e. The predicted molar refractivity (Wildman–Crippen MR) is 75.6 cm³/mol. The predicted octanol–water partition coefficient (Wildman–Crippen LogP) is 1.11. The highest BCUT2D eigenvalue weighted by atomic mass is 15.4. The van der Waals surface area contributed by atoms with Crippen LogP contribution in [-0.4, -0.2) is 81.2 Å². The molecule has 0 saturated carbocycles. The molecule has 1 spiro atoms. The third-order valence-electron chi connectivity index (χ3n) is 5.60. The van der Waals surface area contributed by atoms with E-state index in [0.717, 1.165) is 0 Å². The lowest BCUT2D eigenvalue weighted by molar-refractivity contribution is -0.975. The molecule has 3 nitrogen and oxygen atoms in total. The van der Waals surface area contributed by atoms with Gasteiger partial charge in [-0.3, -0.25) is 0 Å². The van der Waals surface area contributed by atoms with Gasteiger partial charge in [0, 0.05) is 18.5 Å². The van der Waals surface area contributed by atoms with E-state index >= 15 is 0 Å². The van der Waals surface area contributed by atoms with Crippen molar-refractivity contribution in [3.63, 3.8) is 0 Å². The first-order chi connectivity index (χ1) is 8.32. The van der Waals surface area contributed by atoms with Gasteiger partial charge in [0.15, 0.2) is 0 Å². The van der Waals surface area contributed by atoms with E-state index in [-0.39, 0.29) is 0 Å². The van der Waals surface area contributed by atoms with Crippen molar-refractivity contribution in [3.8, 4) is 0 Å². The van der Waals surface area contributed by atoms with Gasteiger partial charge in [-0.15, -0.1) is 0 Å². The number of hydrogen-bond donors (Lipinski definition) is 0. The first-order valence-corrected chi connectivity index (χ1v) is 7.53. The summed E-state index contributed by atoms with van der Waals surface area (Å²) in [7, 11) is 7.01. The third kappa shape index (κ3) is 2.21. The number of quaternary nitrogens is 1. The Balaban J connectivity index is 1.54. The molecule has 3 saturated heterocycles. The average molecular weight is 252 g/mol. The monoisotopic (exact) mass is 252 g/mol. The Labute approximate surface area is 112 Å². The van der Waals surface area contributed by atoms with Crippen LogP contribution >= 0.6 is 0 Å². The molecular weight excluding hydrogens is 222 g/mol. The van der Waals surface area contributed by atoms with Gasteiger partial charge >= 0.3 is 0 Å². The molecule has 18 heavy (non-hydrogen) atoms. The molecule has 0 atom stereocenters. The van der Waals surface area contributed by atoms with Crippen molar-refractivity contribution in [3.05, 3.63) is 0 Å². The maximum absolute atomic E-state index is 2.53. The smallest absolute Gasteiger partial charge is 0.0935 e. The molecule has 0 aliphatic carbocycles. The summed E-state index contributed by atoms with van der Waals surface area (Å²) in [4.78, 5) is 4.96. The number of piperidine rings is 1. The molecule has 3 rings (SSSR count). The fourth-order valence-electron chi connectivity index (χ4n) is 5.22. The van der Waals surface area contributed by atoms with Crippen molar-refractivity contribution in [2.75, 3.05) is 67.0 Å². The molecular formula is C15H30N3+. The Hall–Kier alpha value is -0.120. The van der Waals surface area contributed by atoms with E-state index in [2.05, 4.69) is 37.9 Å². The van der Waals surface area contributed by atoms with Crippen molar-refractivity contribution < 1.29 is 4.48 Å². The standard InChI is InChI=1S/C15H30N3/c1-14(5-7-16(2)8-6-14)11-18(4)12-15(13-18)9-17(3)10-15/h5-13H2,1-4H3/q+1. The molecule has 104 valence electrons. The lowest BCUT2D eigenvalue weighted by Gasteiger charge is -2.64. The molecule has 0 radical (unpaired) electrons. The molecule has 0 unspecified atom stereocenters. The van der Waals surface area contributed by atoms with Gasteiger partial charge in [-0.1, -0.05) is 6.92 Å². The minimum absolute atomic E-state index is 0.596. The number of nitrogens with zero attached hydrogens (tertiary/aromatic N) is 3. The lowest BCUT2D eigenvalue weighted by atomic mass is 9.69. The van der Waals surface area contributed by atoms with Crippen LogP contribution in [0, 0.1) is 10.8 Å². The van der Waals surface area contributed by atoms with E-state index in [1.165, 1.54) is 63.1 Å². The first-order valence-electron chi connectivity index (χ1n) is 7.53. The second-order valence-electron chi connectivity index (χ2n) is 8.38. The molecule has 3 aliphatic rings. The van der Waals surface area contributed by atoms with Crippen LogP contribution in [0.5, 0.6) is 0 Å². The van der Waals surface area contributed by atoms with Crippen LogP contribution in [0.15, 0.2) is 0 Å². The topological polar surface area (TPSA) is 6.48 Å². The fourth-order valence-corrected chi connectivity index (χ4v) is 5.22. The summed E-state index contributed by atoms with van der Waals surface area (Å²) in [5.41, 5.74) is 1.31. The second kappa shape index (κ2) is 3.94. The minimum atomic E-state index is 0.596. The highest BCUT2D eigenvalue weighted by Gasteiger charge is 2.60. The molecule has 0 aromatic rings. The highest BCUT2D eigenvalue weighted by molar-refractivity contribution is 4.99. The van der Waals surface area contributed by atoms with E-state index in [4.69, 9.17) is 0 Å². The van der Waals surface area contributed by atoms with E-state index < -0.39 is 0 Å². The highest BCUT2D eigenvalue weighted by Crippen LogP contribution is 2.45. The van der Waals surface area contributed by atoms with Gasteiger partial charge in [-0.2, -0.15) is 0 Å². The summed E-state index contributed by atoms with van der Waals surface area (Å²) >= 11 is 0. The average Bonchev–Trinajstić information content (AvgIpc) is 2.18. The molecule has 0 N–H and O–H groups in total. The molecule has 0 aromatic heterocycles. The van der Waals surface area contributed by atoms with E-state index in [9.17, 15) is 0 Å². The Morgan fingerprint density at radius 1 is 1.00 bits per heavy atom. The van der Waals surface area contributed by atoms with Crippen molar-refractivity contribution in [1.29, 1.82) is 0 Å². The second-order valence-corrected chi connectivity index (χ2v) is 8.38. The van der Waals surface area contributed by atoms with Gasteiger partial charge in [0.25, 0.3) is 0 Å². The van der Waals surface area contributed by atoms with Crippen LogP contribution in [0.1, 0.15) is 19.8 Å². The summed E-state index contributed by atoms with van der Waals surface area (Å²) in [6.45, 7) is 12.1. The molecule has 3 heterocycles. The van der Waals surface area contributed by atoms with Gasteiger partial charge in [0.1, 0.15) is 0 Å². The summed E-state index contributed by atoms with van der Waals surface area (Å²) in [5.74, 6) is 0. The van der Waals surface area contributed by atoms with Gasteiger partial charge in [-0.25, -0.2) is 0 Å². The normalized spacial score (nSPS) is 34.0. The zero-order chi connectivity index (χ0) is 13.0. The molecule has 0 bridgehead atoms. The quantitative estimate of drug-likeness (QED) is 0.679. The largest absolute Gasteiger partial charge is 0.324 e. The molecule has 3 fully saturated rings. The summed E-state index contributed by atoms with van der Waals surface area (Å²) < 4.78 is 1.34. The lowest BCUT2D eigenvalue weighted by Crippen LogP contribution is -2.78. The van der Waals surface area contributed by atoms with Gasteiger partial charge in [0.2, 0.25) is 0 Å². The van der Waals surface area contributed by atoms with Gasteiger partial charge in [0.05, 0.1) is 32.1 Å². The van der Waals surface area contributed by atoms with Crippen LogP contribution < -0.4 is 0 Å². The van der Waals surface area contributed by atoms with Crippen LogP contribution in [0.3, 0.4) is 0 Å². The van der Waals surface area contributed by atoms with Gasteiger partial charge < -0.3 is 14.3 Å². The zero-order valence-electron chi connectivity index (χ0n) is 12.7. The molecule has 3 heteroatoms. The van der Waals surface area contributed by atoms with Crippen molar-refractivity contribution in [2.24, 2.45) is 10.8 Å². The SMILES string of the molecule is CN1CCC(C)(C[N+]2(C)CC3(CN(C)C3)C2)CC1. The van der Waals surface area contributed by atoms with E-state index in [0.29, 0.717) is 10.8 Å². The number of likely N-dealkylation sites (tertiary alicyclic amines) is 3. The van der Waals surface area contributed by atoms with Crippen molar-refractivity contribution in [1.82, 2.24) is 9.80 Å². The first kappa shape index (κ1) is 12.9. The van der Waals surface area contributed by atoms with Gasteiger partial charge in [-0.05, 0) is 40.0 Å². The minimum Gasteiger partial charge on any atom is -0.324 e. The van der Waals surface area contributed by atoms with Crippen LogP contribution in [0.25, 0.3) is 0 Å². The van der Waals surface area contributed by atoms with Crippen molar-refractivity contribution >= 4 is 0 Å². The van der Waals surface area contributed by atoms with Crippen LogP contribution in [0.4, 0.5) is 0 Å². The van der Waals surface area contributed by atoms with E-state index in [1.807, 2.05) is 0 Å². The molecule has 0 amide bonds. The van der Waals surface area contributed by atoms with Crippen molar-refractivity contribution in [2.45, 2.75) is 19.8 Å². The molecule has 3 aliphatic heterocycles. The number of rotatable bonds is 2. The van der Waals surface area contributed by atoms with Crippen LogP contribution in [0.2, 0.25) is 0 Å². The Kier molecular flexibility index (Phi) is 2.82.